The van der Waals surface area contributed by atoms with E-state index in [1.165, 1.54) is 11.8 Å². The molecule has 0 radical (unpaired) electrons. The minimum atomic E-state index is -0.634. The van der Waals surface area contributed by atoms with Crippen LogP contribution in [-0.2, 0) is 17.2 Å². The second-order valence-electron chi connectivity index (χ2n) is 11.6. The van der Waals surface area contributed by atoms with Crippen molar-refractivity contribution in [3.05, 3.63) is 133 Å². The van der Waals surface area contributed by atoms with Crippen molar-refractivity contribution in [3.63, 3.8) is 0 Å². The summed E-state index contributed by atoms with van der Waals surface area (Å²) >= 11 is 11.6. The van der Waals surface area contributed by atoms with Gasteiger partial charge < -0.3 is 20.1 Å². The maximum absolute atomic E-state index is 14.2. The first kappa shape index (κ1) is 33.6. The van der Waals surface area contributed by atoms with Crippen molar-refractivity contribution in [1.82, 2.24) is 14.8 Å². The number of thioether (sulfide) groups is 1. The topological polar surface area (TPSA) is 90.3 Å². The van der Waals surface area contributed by atoms with Gasteiger partial charge in [0.15, 0.2) is 11.5 Å². The standard InChI is InChI=1S/C37H35BrClN5O3S/c1-21-14-15-30(23(3)16-21)41-35(45)32-24(4)40-36-42-37(48-20-26-12-8-9-13-29(26)39)43-44(36)33(32)27-17-28(38)34(31(18-27)46-5)47-19-25-11-7-6-10-22(25)2/h6-18,33H,19-20H2,1-5H3,(H,41,45)(H,40,42,43). The smallest absolute Gasteiger partial charge is 0.255 e. The van der Waals surface area contributed by atoms with Gasteiger partial charge in [-0.2, -0.15) is 4.98 Å². The molecule has 4 aromatic carbocycles. The van der Waals surface area contributed by atoms with Crippen LogP contribution in [0.15, 0.2) is 99.8 Å². The Kier molecular flexibility index (Phi) is 10.1. The van der Waals surface area contributed by atoms with Gasteiger partial charge >= 0.3 is 0 Å². The molecule has 11 heteroatoms. The Morgan fingerprint density at radius 1 is 1.00 bits per heavy atom. The molecular weight excluding hydrogens is 710 g/mol. The molecule has 8 nitrogen and oxygen atoms in total. The lowest BCUT2D eigenvalue weighted by Crippen LogP contribution is -2.31. The Labute approximate surface area is 298 Å². The summed E-state index contributed by atoms with van der Waals surface area (Å²) in [4.78, 5) is 19.0. The van der Waals surface area contributed by atoms with Gasteiger partial charge in [-0.15, -0.1) is 5.10 Å². The predicted octanol–water partition coefficient (Wildman–Crippen LogP) is 9.43. The molecule has 2 N–H and O–H groups in total. The van der Waals surface area contributed by atoms with Gasteiger partial charge in [-0.25, -0.2) is 4.68 Å². The number of halogens is 2. The highest BCUT2D eigenvalue weighted by molar-refractivity contribution is 9.10. The molecule has 48 heavy (non-hydrogen) atoms. The Morgan fingerprint density at radius 2 is 1.75 bits per heavy atom. The molecule has 1 amide bonds. The zero-order valence-electron chi connectivity index (χ0n) is 27.2. The van der Waals surface area contributed by atoms with Crippen LogP contribution >= 0.6 is 39.3 Å². The third-order valence-electron chi connectivity index (χ3n) is 8.22. The summed E-state index contributed by atoms with van der Waals surface area (Å²) in [5.74, 6) is 1.95. The number of aromatic nitrogens is 3. The molecule has 246 valence electrons. The highest BCUT2D eigenvalue weighted by Crippen LogP contribution is 2.44. The molecule has 0 aliphatic carbocycles. The van der Waals surface area contributed by atoms with Gasteiger partial charge in [-0.1, -0.05) is 83.5 Å². The van der Waals surface area contributed by atoms with Crippen LogP contribution in [0.4, 0.5) is 11.6 Å². The van der Waals surface area contributed by atoms with E-state index in [1.807, 2.05) is 93.6 Å². The van der Waals surface area contributed by atoms with E-state index in [2.05, 4.69) is 39.6 Å². The van der Waals surface area contributed by atoms with E-state index in [1.54, 1.807) is 11.8 Å². The first-order valence-corrected chi connectivity index (χ1v) is 17.5. The molecule has 0 fully saturated rings. The fourth-order valence-corrected chi connectivity index (χ4v) is 7.34. The third-order valence-corrected chi connectivity index (χ3v) is 10.1. The quantitative estimate of drug-likeness (QED) is 0.138. The first-order chi connectivity index (χ1) is 23.1. The molecule has 0 bridgehead atoms. The summed E-state index contributed by atoms with van der Waals surface area (Å²) in [6, 6.07) is 25.0. The van der Waals surface area contributed by atoms with Crippen molar-refractivity contribution in [2.75, 3.05) is 17.7 Å². The molecule has 0 saturated carbocycles. The molecular formula is C37H35BrClN5O3S. The van der Waals surface area contributed by atoms with E-state index >= 15 is 0 Å². The fourth-order valence-electron chi connectivity index (χ4n) is 5.66. The number of nitrogens with one attached hydrogen (secondary N) is 2. The van der Waals surface area contributed by atoms with Crippen molar-refractivity contribution >= 4 is 56.8 Å². The number of hydrogen-bond acceptors (Lipinski definition) is 7. The number of benzene rings is 4. The summed E-state index contributed by atoms with van der Waals surface area (Å²) in [6.45, 7) is 8.32. The van der Waals surface area contributed by atoms with Crippen LogP contribution in [0.25, 0.3) is 0 Å². The van der Waals surface area contributed by atoms with E-state index in [9.17, 15) is 4.79 Å². The lowest BCUT2D eigenvalue weighted by atomic mass is 9.94. The number of hydrogen-bond donors (Lipinski definition) is 2. The Balaban J connectivity index is 1.39. The number of nitrogens with zero attached hydrogens (tertiary/aromatic N) is 3. The summed E-state index contributed by atoms with van der Waals surface area (Å²) in [6.07, 6.45) is 0. The predicted molar refractivity (Wildman–Crippen MR) is 196 cm³/mol. The molecule has 2 heterocycles. The maximum atomic E-state index is 14.2. The van der Waals surface area contributed by atoms with E-state index in [4.69, 9.17) is 31.2 Å². The second kappa shape index (κ2) is 14.5. The molecule has 0 spiro atoms. The van der Waals surface area contributed by atoms with Gasteiger partial charge in [0.1, 0.15) is 12.6 Å². The third kappa shape index (κ3) is 7.11. The van der Waals surface area contributed by atoms with Crippen LogP contribution < -0.4 is 20.1 Å². The number of carbonyl (C=O) groups is 1. The number of fused-ring (bicyclic) bond motifs is 1. The SMILES string of the molecule is COc1cc(C2C(C(=O)Nc3ccc(C)cc3C)=C(C)Nc3nc(SCc4ccccc4Cl)nn32)cc(Br)c1OCc1ccccc1C. The van der Waals surface area contributed by atoms with Crippen molar-refractivity contribution in [2.24, 2.45) is 0 Å². The summed E-state index contributed by atoms with van der Waals surface area (Å²) in [5.41, 5.74) is 7.96. The molecule has 0 saturated heterocycles. The number of methoxy groups -OCH3 is 1. The normalized spacial score (nSPS) is 13.9. The summed E-state index contributed by atoms with van der Waals surface area (Å²) < 4.78 is 14.6. The van der Waals surface area contributed by atoms with E-state index in [0.717, 1.165) is 39.1 Å². The van der Waals surface area contributed by atoms with Crippen LogP contribution in [0.5, 0.6) is 11.5 Å². The van der Waals surface area contributed by atoms with Gasteiger partial charge in [0.05, 0.1) is 17.2 Å². The number of allylic oxidation sites excluding steroid dienone is 1. The zero-order valence-corrected chi connectivity index (χ0v) is 30.4. The van der Waals surface area contributed by atoms with Crippen LogP contribution in [0.1, 0.15) is 46.3 Å². The Hall–Kier alpha value is -4.25. The number of rotatable bonds is 10. The van der Waals surface area contributed by atoms with E-state index < -0.39 is 6.04 Å². The fraction of sp³-hybridized carbons (Fsp3) is 0.216. The van der Waals surface area contributed by atoms with Crippen molar-refractivity contribution in [1.29, 1.82) is 0 Å². The number of anilines is 2. The van der Waals surface area contributed by atoms with E-state index in [0.29, 0.717) is 55.7 Å². The Bertz CT molecular complexity index is 2050. The highest BCUT2D eigenvalue weighted by atomic mass is 79.9. The molecule has 1 atom stereocenters. The largest absolute Gasteiger partial charge is 0.493 e. The lowest BCUT2D eigenvalue weighted by molar-refractivity contribution is -0.113. The van der Waals surface area contributed by atoms with Crippen LogP contribution in [0.3, 0.4) is 0 Å². The Morgan fingerprint density at radius 3 is 2.48 bits per heavy atom. The van der Waals surface area contributed by atoms with Gasteiger partial charge in [0.2, 0.25) is 11.1 Å². The van der Waals surface area contributed by atoms with Gasteiger partial charge in [0, 0.05) is 22.2 Å². The molecule has 1 aromatic heterocycles. The molecule has 5 aromatic rings. The second-order valence-corrected chi connectivity index (χ2v) is 13.8. The van der Waals surface area contributed by atoms with Crippen LogP contribution in [0, 0.1) is 20.8 Å². The highest BCUT2D eigenvalue weighted by Gasteiger charge is 2.35. The van der Waals surface area contributed by atoms with Gasteiger partial charge in [-0.05, 0) is 95.7 Å². The summed E-state index contributed by atoms with van der Waals surface area (Å²) in [7, 11) is 1.60. The maximum Gasteiger partial charge on any atom is 0.255 e. The average Bonchev–Trinajstić information content (AvgIpc) is 3.47. The monoisotopic (exact) mass is 743 g/mol. The number of carbonyl (C=O) groups excluding carboxylic acids is 1. The molecule has 1 aliphatic heterocycles. The van der Waals surface area contributed by atoms with E-state index in [-0.39, 0.29) is 5.91 Å². The minimum Gasteiger partial charge on any atom is -0.493 e. The minimum absolute atomic E-state index is 0.252. The van der Waals surface area contributed by atoms with Crippen molar-refractivity contribution < 1.29 is 14.3 Å². The number of ether oxygens (including phenoxy) is 2. The van der Waals surface area contributed by atoms with Crippen molar-refractivity contribution in [3.8, 4) is 11.5 Å². The number of aryl methyl sites for hydroxylation is 3. The van der Waals surface area contributed by atoms with Crippen molar-refractivity contribution in [2.45, 2.75) is 51.3 Å². The molecule has 1 unspecified atom stereocenters. The first-order valence-electron chi connectivity index (χ1n) is 15.4. The average molecular weight is 745 g/mol. The van der Waals surface area contributed by atoms with Crippen LogP contribution in [-0.4, -0.2) is 27.8 Å². The molecule has 1 aliphatic rings. The van der Waals surface area contributed by atoms with Gasteiger partial charge in [-0.3, -0.25) is 4.79 Å². The van der Waals surface area contributed by atoms with Crippen LogP contribution in [0.2, 0.25) is 5.02 Å². The van der Waals surface area contributed by atoms with Gasteiger partial charge in [0.25, 0.3) is 5.91 Å². The number of amides is 1. The zero-order chi connectivity index (χ0) is 33.9. The molecule has 6 rings (SSSR count). The summed E-state index contributed by atoms with van der Waals surface area (Å²) in [5, 5.41) is 12.6. The lowest BCUT2D eigenvalue weighted by Gasteiger charge is -2.29.